The lowest BCUT2D eigenvalue weighted by Crippen LogP contribution is -2.13. The van der Waals surface area contributed by atoms with Gasteiger partial charge in [0.25, 0.3) is 0 Å². The minimum Gasteiger partial charge on any atom is -0.396 e. The summed E-state index contributed by atoms with van der Waals surface area (Å²) in [5.74, 6) is 1.36. The van der Waals surface area contributed by atoms with Crippen LogP contribution in [0.2, 0.25) is 0 Å². The van der Waals surface area contributed by atoms with E-state index in [1.807, 2.05) is 6.08 Å². The molecule has 20 heavy (non-hydrogen) atoms. The number of aliphatic hydroxyl groups excluding tert-OH is 2. The van der Waals surface area contributed by atoms with Crippen molar-refractivity contribution in [3.05, 3.63) is 48.0 Å². The van der Waals surface area contributed by atoms with Crippen molar-refractivity contribution in [3.8, 4) is 0 Å². The summed E-state index contributed by atoms with van der Waals surface area (Å²) in [6.07, 6.45) is 8.33. The number of hydrogen-bond acceptors (Lipinski definition) is 2. The first-order chi connectivity index (χ1) is 9.78. The third-order valence-electron chi connectivity index (χ3n) is 4.67. The molecule has 0 unspecified atom stereocenters. The van der Waals surface area contributed by atoms with Crippen molar-refractivity contribution in [1.82, 2.24) is 0 Å². The first-order valence-electron chi connectivity index (χ1n) is 7.71. The van der Waals surface area contributed by atoms with Crippen LogP contribution in [0.15, 0.2) is 36.9 Å². The van der Waals surface area contributed by atoms with Crippen LogP contribution in [0.1, 0.15) is 55.1 Å². The van der Waals surface area contributed by atoms with Gasteiger partial charge in [0.05, 0.1) is 13.2 Å². The molecule has 2 heteroatoms. The molecule has 0 heterocycles. The van der Waals surface area contributed by atoms with Crippen LogP contribution in [0.3, 0.4) is 0 Å². The summed E-state index contributed by atoms with van der Waals surface area (Å²) >= 11 is 0. The maximum Gasteiger partial charge on any atom is 0.0521 e. The molecule has 0 radical (unpaired) electrons. The van der Waals surface area contributed by atoms with Crippen molar-refractivity contribution >= 4 is 0 Å². The van der Waals surface area contributed by atoms with Crippen LogP contribution in [-0.4, -0.2) is 23.4 Å². The molecule has 1 saturated carbocycles. The second-order valence-corrected chi connectivity index (χ2v) is 5.97. The van der Waals surface area contributed by atoms with Gasteiger partial charge in [0.2, 0.25) is 0 Å². The number of rotatable bonds is 6. The van der Waals surface area contributed by atoms with E-state index in [0.717, 1.165) is 17.9 Å². The van der Waals surface area contributed by atoms with Gasteiger partial charge >= 0.3 is 0 Å². The minimum absolute atomic E-state index is 0.00249. The molecule has 1 aromatic rings. The predicted octanol–water partition coefficient (Wildman–Crippen LogP) is 3.60. The van der Waals surface area contributed by atoms with Gasteiger partial charge in [0.15, 0.2) is 0 Å². The van der Waals surface area contributed by atoms with Gasteiger partial charge in [-0.25, -0.2) is 0 Å². The summed E-state index contributed by atoms with van der Waals surface area (Å²) in [5.41, 5.74) is 2.43. The van der Waals surface area contributed by atoms with E-state index in [2.05, 4.69) is 30.8 Å². The van der Waals surface area contributed by atoms with Crippen molar-refractivity contribution in [2.75, 3.05) is 13.2 Å². The SMILES string of the molecule is C=CCC1CCC(c2ccc(C(CO)CO)cc2)CC1. The van der Waals surface area contributed by atoms with E-state index < -0.39 is 0 Å². The van der Waals surface area contributed by atoms with E-state index >= 15 is 0 Å². The summed E-state index contributed by atoms with van der Waals surface area (Å²) in [7, 11) is 0. The van der Waals surface area contributed by atoms with Gasteiger partial charge in [-0.05, 0) is 55.1 Å². The molecule has 1 aliphatic carbocycles. The smallest absolute Gasteiger partial charge is 0.0521 e. The second-order valence-electron chi connectivity index (χ2n) is 5.97. The Bertz CT molecular complexity index is 398. The molecule has 0 saturated heterocycles. The fourth-order valence-electron chi connectivity index (χ4n) is 3.28. The monoisotopic (exact) mass is 274 g/mol. The van der Waals surface area contributed by atoms with Gasteiger partial charge in [-0.15, -0.1) is 6.58 Å². The average Bonchev–Trinajstić information content (AvgIpc) is 2.50. The Labute approximate surface area is 122 Å². The molecule has 0 atom stereocenters. The van der Waals surface area contributed by atoms with Crippen LogP contribution in [0, 0.1) is 5.92 Å². The van der Waals surface area contributed by atoms with Gasteiger partial charge in [0.1, 0.15) is 0 Å². The highest BCUT2D eigenvalue weighted by atomic mass is 16.3. The van der Waals surface area contributed by atoms with Crippen molar-refractivity contribution in [1.29, 1.82) is 0 Å². The molecule has 0 amide bonds. The molecule has 0 aliphatic heterocycles. The molecule has 2 rings (SSSR count). The van der Waals surface area contributed by atoms with E-state index in [9.17, 15) is 10.2 Å². The van der Waals surface area contributed by atoms with E-state index in [4.69, 9.17) is 0 Å². The Morgan fingerprint density at radius 3 is 2.15 bits per heavy atom. The van der Waals surface area contributed by atoms with Crippen molar-refractivity contribution in [2.24, 2.45) is 5.92 Å². The van der Waals surface area contributed by atoms with Crippen LogP contribution >= 0.6 is 0 Å². The molecular weight excluding hydrogens is 248 g/mol. The molecule has 110 valence electrons. The average molecular weight is 274 g/mol. The zero-order chi connectivity index (χ0) is 14.4. The Balaban J connectivity index is 1.95. The van der Waals surface area contributed by atoms with E-state index in [1.54, 1.807) is 0 Å². The van der Waals surface area contributed by atoms with Gasteiger partial charge in [0, 0.05) is 5.92 Å². The zero-order valence-electron chi connectivity index (χ0n) is 12.2. The topological polar surface area (TPSA) is 40.5 Å². The van der Waals surface area contributed by atoms with Gasteiger partial charge in [-0.2, -0.15) is 0 Å². The van der Waals surface area contributed by atoms with E-state index in [0.29, 0.717) is 5.92 Å². The van der Waals surface area contributed by atoms with E-state index in [1.165, 1.54) is 31.2 Å². The Morgan fingerprint density at radius 2 is 1.65 bits per heavy atom. The van der Waals surface area contributed by atoms with Crippen molar-refractivity contribution in [2.45, 2.75) is 43.9 Å². The number of benzene rings is 1. The Kier molecular flexibility index (Phi) is 5.81. The first kappa shape index (κ1) is 15.3. The largest absolute Gasteiger partial charge is 0.396 e. The standard InChI is InChI=1S/C18H26O2/c1-2-3-14-4-6-15(7-5-14)16-8-10-17(11-9-16)18(12-19)13-20/h2,8-11,14-15,18-20H,1,3-7,12-13H2. The zero-order valence-corrected chi connectivity index (χ0v) is 12.2. The first-order valence-corrected chi connectivity index (χ1v) is 7.71. The van der Waals surface area contributed by atoms with Crippen LogP contribution in [-0.2, 0) is 0 Å². The highest BCUT2D eigenvalue weighted by molar-refractivity contribution is 5.28. The second kappa shape index (κ2) is 7.61. The maximum atomic E-state index is 9.21. The van der Waals surface area contributed by atoms with Gasteiger partial charge in [-0.1, -0.05) is 30.3 Å². The summed E-state index contributed by atoms with van der Waals surface area (Å²) < 4.78 is 0. The van der Waals surface area contributed by atoms with E-state index in [-0.39, 0.29) is 19.1 Å². The summed E-state index contributed by atoms with van der Waals surface area (Å²) in [5, 5.41) is 18.4. The van der Waals surface area contributed by atoms with Gasteiger partial charge in [-0.3, -0.25) is 0 Å². The van der Waals surface area contributed by atoms with Crippen molar-refractivity contribution in [3.63, 3.8) is 0 Å². The number of aliphatic hydroxyl groups is 2. The number of hydrogen-bond donors (Lipinski definition) is 2. The quantitative estimate of drug-likeness (QED) is 0.778. The molecule has 0 aromatic heterocycles. The van der Waals surface area contributed by atoms with Crippen LogP contribution < -0.4 is 0 Å². The fourth-order valence-corrected chi connectivity index (χ4v) is 3.28. The van der Waals surface area contributed by atoms with Crippen LogP contribution in [0.25, 0.3) is 0 Å². The van der Waals surface area contributed by atoms with Crippen molar-refractivity contribution < 1.29 is 10.2 Å². The predicted molar refractivity (Wildman–Crippen MR) is 82.9 cm³/mol. The lowest BCUT2D eigenvalue weighted by atomic mass is 9.77. The summed E-state index contributed by atoms with van der Waals surface area (Å²) in [4.78, 5) is 0. The Hall–Kier alpha value is -1.12. The highest BCUT2D eigenvalue weighted by Gasteiger charge is 2.21. The minimum atomic E-state index is -0.146. The molecule has 1 fully saturated rings. The molecule has 0 spiro atoms. The fraction of sp³-hybridized carbons (Fsp3) is 0.556. The molecular formula is C18H26O2. The van der Waals surface area contributed by atoms with Crippen LogP contribution in [0.5, 0.6) is 0 Å². The summed E-state index contributed by atoms with van der Waals surface area (Å²) in [6.45, 7) is 3.84. The Morgan fingerprint density at radius 1 is 1.05 bits per heavy atom. The lowest BCUT2D eigenvalue weighted by molar-refractivity contribution is 0.192. The molecule has 1 aliphatic rings. The molecule has 2 nitrogen and oxygen atoms in total. The third kappa shape index (κ3) is 3.71. The normalized spacial score (nSPS) is 22.9. The molecule has 1 aromatic carbocycles. The number of allylic oxidation sites excluding steroid dienone is 1. The maximum absolute atomic E-state index is 9.21. The van der Waals surface area contributed by atoms with Gasteiger partial charge < -0.3 is 10.2 Å². The molecule has 2 N–H and O–H groups in total. The summed E-state index contributed by atoms with van der Waals surface area (Å²) in [6, 6.07) is 8.46. The van der Waals surface area contributed by atoms with Crippen LogP contribution in [0.4, 0.5) is 0 Å². The highest BCUT2D eigenvalue weighted by Crippen LogP contribution is 2.37. The molecule has 0 bridgehead atoms. The lowest BCUT2D eigenvalue weighted by Gasteiger charge is -2.28. The third-order valence-corrected chi connectivity index (χ3v) is 4.67.